The van der Waals surface area contributed by atoms with E-state index >= 15 is 0 Å². The topological polar surface area (TPSA) is 18.5 Å². The highest BCUT2D eigenvalue weighted by Gasteiger charge is 2.27. The van der Waals surface area contributed by atoms with Gasteiger partial charge in [0.05, 0.1) is 23.3 Å². The molecule has 0 unspecified atom stereocenters. The summed E-state index contributed by atoms with van der Waals surface area (Å²) in [7, 11) is 0.937. The van der Waals surface area contributed by atoms with Crippen molar-refractivity contribution in [2.75, 3.05) is 7.11 Å². The molecule has 0 heterocycles. The molecule has 0 aromatic heterocycles. The molecule has 0 atom stereocenters. The fraction of sp³-hybridized carbons (Fsp3) is 0.333. The number of hydrogen-bond donors (Lipinski definition) is 0. The van der Waals surface area contributed by atoms with Gasteiger partial charge in [0.25, 0.3) is 0 Å². The van der Waals surface area contributed by atoms with Crippen LogP contribution in [-0.2, 0) is 25.7 Å². The molecule has 4 aromatic carbocycles. The lowest BCUT2D eigenvalue weighted by Crippen LogP contribution is -2.12. The average Bonchev–Trinajstić information content (AvgIpc) is 3.13. The number of benzene rings is 4. The molecule has 0 spiro atoms. The summed E-state index contributed by atoms with van der Waals surface area (Å²) in [5.41, 5.74) is -0.780. The molecule has 0 bridgehead atoms. The average molecular weight is 816 g/mol. The quantitative estimate of drug-likeness (QED) is 0.105. The van der Waals surface area contributed by atoms with Crippen LogP contribution < -0.4 is 9.47 Å². The van der Waals surface area contributed by atoms with Crippen LogP contribution in [0.4, 0.5) is 57.1 Å². The van der Waals surface area contributed by atoms with Crippen molar-refractivity contribution in [3.63, 3.8) is 0 Å². The summed E-state index contributed by atoms with van der Waals surface area (Å²) in [6, 6.07) is 5.70. The van der Waals surface area contributed by atoms with Crippen LogP contribution in [0.2, 0.25) is 10.0 Å². The van der Waals surface area contributed by atoms with E-state index in [9.17, 15) is 57.1 Å². The molecule has 0 aliphatic heterocycles. The summed E-state index contributed by atoms with van der Waals surface area (Å²) in [4.78, 5) is 0. The SMILES string of the molecule is CCc1c(F)c(F)c(F)c(F)c1F.CCc1c(F)c(F)c(OC(C)C)c(F)c1F.CCc1c(F)c(F)c(OC)c(F)c1F.CCc1ccc(Cl)c(Cl)c1. The summed E-state index contributed by atoms with van der Waals surface area (Å²) in [5, 5.41) is 1.26. The van der Waals surface area contributed by atoms with E-state index in [-0.39, 0.29) is 19.3 Å². The first-order valence-electron chi connectivity index (χ1n) is 15.5. The molecule has 294 valence electrons. The monoisotopic (exact) mass is 814 g/mol. The van der Waals surface area contributed by atoms with E-state index in [1.165, 1.54) is 40.2 Å². The Morgan fingerprint density at radius 3 is 1.06 bits per heavy atom. The second-order valence-corrected chi connectivity index (χ2v) is 11.5. The second-order valence-electron chi connectivity index (χ2n) is 10.7. The zero-order valence-corrected chi connectivity index (χ0v) is 30.6. The summed E-state index contributed by atoms with van der Waals surface area (Å²) < 4.78 is 177. The largest absolute Gasteiger partial charge is 0.491 e. The van der Waals surface area contributed by atoms with Crippen molar-refractivity contribution in [1.29, 1.82) is 0 Å². The van der Waals surface area contributed by atoms with Gasteiger partial charge in [0, 0.05) is 16.7 Å². The molecular formula is C36H33Cl2F13O2. The lowest BCUT2D eigenvalue weighted by atomic mass is 10.1. The number of methoxy groups -OCH3 is 1. The Morgan fingerprint density at radius 1 is 0.453 bits per heavy atom. The summed E-state index contributed by atoms with van der Waals surface area (Å²) in [6.07, 6.45) is -0.0821. The van der Waals surface area contributed by atoms with E-state index in [0.29, 0.717) is 10.0 Å². The highest BCUT2D eigenvalue weighted by atomic mass is 35.5. The van der Waals surface area contributed by atoms with E-state index in [1.807, 2.05) is 18.2 Å². The van der Waals surface area contributed by atoms with Gasteiger partial charge in [-0.3, -0.25) is 0 Å². The maximum atomic E-state index is 13.3. The van der Waals surface area contributed by atoms with Gasteiger partial charge in [-0.1, -0.05) is 57.0 Å². The van der Waals surface area contributed by atoms with Crippen LogP contribution in [0.15, 0.2) is 18.2 Å². The van der Waals surface area contributed by atoms with Crippen molar-refractivity contribution in [2.24, 2.45) is 0 Å². The zero-order valence-electron chi connectivity index (χ0n) is 29.1. The highest BCUT2D eigenvalue weighted by Crippen LogP contribution is 2.32. The number of halogens is 15. The van der Waals surface area contributed by atoms with E-state index in [0.717, 1.165) is 13.5 Å². The zero-order chi connectivity index (χ0) is 41.1. The smallest absolute Gasteiger partial charge is 0.204 e. The molecule has 4 rings (SSSR count). The van der Waals surface area contributed by atoms with Crippen molar-refractivity contribution >= 4 is 23.2 Å². The fourth-order valence-corrected chi connectivity index (χ4v) is 4.49. The lowest BCUT2D eigenvalue weighted by Gasteiger charge is -2.14. The van der Waals surface area contributed by atoms with Gasteiger partial charge in [-0.25, -0.2) is 39.5 Å². The third-order valence-corrected chi connectivity index (χ3v) is 7.68. The minimum Gasteiger partial charge on any atom is -0.491 e. The van der Waals surface area contributed by atoms with Gasteiger partial charge in [-0.05, 0) is 57.2 Å². The van der Waals surface area contributed by atoms with Crippen molar-refractivity contribution in [2.45, 2.75) is 73.3 Å². The summed E-state index contributed by atoms with van der Waals surface area (Å²) >= 11 is 11.5. The number of rotatable bonds is 7. The Bertz CT molecular complexity index is 1760. The standard InChI is InChI=1S/C11H12F4O.C9H8F4O.C8H8Cl2.C8H5F5/c1-4-6-7(12)9(14)11(16-5(2)3)10(15)8(6)13;1-3-4-5(10)7(12)9(14-2)8(13)6(4)11;1-2-6-3-4-7(9)8(10)5-6;1-2-3-4(9)6(11)8(13)7(12)5(3)10/h5H,4H2,1-3H3;3H2,1-2H3;3-5H,2H2,1H3;2H2,1H3. The van der Waals surface area contributed by atoms with Crippen molar-refractivity contribution in [3.8, 4) is 11.5 Å². The fourth-order valence-electron chi connectivity index (χ4n) is 4.17. The molecule has 2 nitrogen and oxygen atoms in total. The molecule has 0 saturated carbocycles. The Morgan fingerprint density at radius 2 is 0.774 bits per heavy atom. The highest BCUT2D eigenvalue weighted by molar-refractivity contribution is 6.42. The molecule has 0 fully saturated rings. The Kier molecular flexibility index (Phi) is 18.8. The van der Waals surface area contributed by atoms with Gasteiger partial charge < -0.3 is 9.47 Å². The molecular weight excluding hydrogens is 782 g/mol. The predicted molar refractivity (Wildman–Crippen MR) is 175 cm³/mol. The molecule has 0 radical (unpaired) electrons. The molecule has 4 aromatic rings. The first kappa shape index (κ1) is 47.2. The molecule has 0 amide bonds. The minimum atomic E-state index is -2.12. The molecule has 0 aliphatic carbocycles. The van der Waals surface area contributed by atoms with Crippen molar-refractivity contribution < 1.29 is 66.5 Å². The summed E-state index contributed by atoms with van der Waals surface area (Å²) in [6.45, 7) is 9.19. The van der Waals surface area contributed by atoms with Crippen LogP contribution in [0.5, 0.6) is 11.5 Å². The molecule has 0 saturated heterocycles. The molecule has 17 heteroatoms. The minimum absolute atomic E-state index is 0.129. The van der Waals surface area contributed by atoms with Crippen molar-refractivity contribution in [3.05, 3.63) is 126 Å². The third-order valence-electron chi connectivity index (χ3n) is 6.94. The van der Waals surface area contributed by atoms with E-state index < -0.39 is 110 Å². The Hall–Kier alpha value is -3.85. The van der Waals surface area contributed by atoms with Crippen LogP contribution in [0.3, 0.4) is 0 Å². The maximum absolute atomic E-state index is 13.3. The van der Waals surface area contributed by atoms with Gasteiger partial charge in [-0.2, -0.15) is 17.6 Å². The first-order valence-corrected chi connectivity index (χ1v) is 16.3. The van der Waals surface area contributed by atoms with Gasteiger partial charge >= 0.3 is 0 Å². The van der Waals surface area contributed by atoms with Crippen LogP contribution >= 0.6 is 23.2 Å². The van der Waals surface area contributed by atoms with Crippen LogP contribution in [0, 0.1) is 75.6 Å². The second kappa shape index (κ2) is 21.1. The molecule has 0 N–H and O–H groups in total. The molecule has 0 aliphatic rings. The van der Waals surface area contributed by atoms with Crippen LogP contribution in [0.1, 0.15) is 63.8 Å². The van der Waals surface area contributed by atoms with Crippen LogP contribution in [0.25, 0.3) is 0 Å². The van der Waals surface area contributed by atoms with Gasteiger partial charge in [0.2, 0.25) is 29.1 Å². The van der Waals surface area contributed by atoms with Crippen molar-refractivity contribution in [1.82, 2.24) is 0 Å². The van der Waals surface area contributed by atoms with Gasteiger partial charge in [-0.15, -0.1) is 0 Å². The number of hydrogen-bond acceptors (Lipinski definition) is 2. The Balaban J connectivity index is 0.000000357. The normalized spacial score (nSPS) is 10.5. The predicted octanol–water partition coefficient (Wildman–Crippen LogP) is 12.9. The van der Waals surface area contributed by atoms with E-state index in [1.54, 1.807) is 0 Å². The Labute approximate surface area is 307 Å². The lowest BCUT2D eigenvalue weighted by molar-refractivity contribution is 0.211. The van der Waals surface area contributed by atoms with Gasteiger partial charge in [0.1, 0.15) is 0 Å². The number of ether oxygens (including phenoxy) is 2. The molecule has 53 heavy (non-hydrogen) atoms. The first-order chi connectivity index (χ1) is 24.7. The maximum Gasteiger partial charge on any atom is 0.204 e. The number of aryl methyl sites for hydroxylation is 1. The summed E-state index contributed by atoms with van der Waals surface area (Å²) in [5.74, 6) is -23.0. The van der Waals surface area contributed by atoms with E-state index in [4.69, 9.17) is 27.9 Å². The van der Waals surface area contributed by atoms with Crippen LogP contribution in [-0.4, -0.2) is 13.2 Å². The van der Waals surface area contributed by atoms with Gasteiger partial charge in [0.15, 0.2) is 58.0 Å². The third kappa shape index (κ3) is 11.3. The van der Waals surface area contributed by atoms with E-state index in [2.05, 4.69) is 11.7 Å².